The quantitative estimate of drug-likeness (QED) is 0.193. The van der Waals surface area contributed by atoms with Gasteiger partial charge in [-0.2, -0.15) is 0 Å². The summed E-state index contributed by atoms with van der Waals surface area (Å²) in [5, 5.41) is 11.9. The molecule has 0 saturated carbocycles. The van der Waals surface area contributed by atoms with Crippen molar-refractivity contribution in [2.45, 2.75) is 6.42 Å². The average molecular weight is 684 g/mol. The molecule has 14 heteroatoms. The Bertz CT molecular complexity index is 1730. The van der Waals surface area contributed by atoms with Crippen LogP contribution in [0.25, 0.3) is 17.2 Å². The zero-order valence-corrected chi connectivity index (χ0v) is 26.9. The van der Waals surface area contributed by atoms with Crippen LogP contribution < -0.4 is 14.8 Å². The first-order valence-electron chi connectivity index (χ1n) is 14.6. The minimum Gasteiger partial charge on any atom is -0.495 e. The van der Waals surface area contributed by atoms with Gasteiger partial charge in [0.1, 0.15) is 22.4 Å². The molecule has 0 spiro atoms. The lowest BCUT2D eigenvalue weighted by Gasteiger charge is -2.26. The molecule has 0 aliphatic carbocycles. The molecule has 2 N–H and O–H groups in total. The number of hydrogen-bond donors (Lipinski definition) is 2. The van der Waals surface area contributed by atoms with Crippen molar-refractivity contribution in [1.29, 1.82) is 0 Å². The largest absolute Gasteiger partial charge is 0.495 e. The van der Waals surface area contributed by atoms with Crippen LogP contribution in [-0.2, 0) is 14.3 Å². The van der Waals surface area contributed by atoms with Crippen molar-refractivity contribution in [3.63, 3.8) is 0 Å². The molecular weight excluding hydrogens is 653 g/mol. The van der Waals surface area contributed by atoms with Crippen molar-refractivity contribution in [3.8, 4) is 22.6 Å². The summed E-state index contributed by atoms with van der Waals surface area (Å²) in [6, 6.07) is 12.9. The number of anilines is 1. The van der Waals surface area contributed by atoms with Gasteiger partial charge in [0.05, 0.1) is 36.5 Å². The highest BCUT2D eigenvalue weighted by Gasteiger charge is 2.32. The molecule has 2 heterocycles. The third-order valence-electron chi connectivity index (χ3n) is 7.48. The number of rotatable bonds is 12. The molecule has 0 aromatic heterocycles. The first kappa shape index (κ1) is 34.0. The number of morpholine rings is 1. The molecule has 2 aliphatic rings. The zero-order valence-electron chi connectivity index (χ0n) is 25.3. The van der Waals surface area contributed by atoms with Crippen LogP contribution in [-0.4, -0.2) is 90.1 Å². The van der Waals surface area contributed by atoms with Crippen LogP contribution in [0.1, 0.15) is 22.3 Å². The Morgan fingerprint density at radius 2 is 1.77 bits per heavy atom. The summed E-state index contributed by atoms with van der Waals surface area (Å²) in [4.78, 5) is 41.3. The van der Waals surface area contributed by atoms with Crippen LogP contribution in [0.15, 0.2) is 59.5 Å². The number of amides is 2. The Hall–Kier alpha value is -4.37. The molecular formula is C33H31F2N3O7S2. The summed E-state index contributed by atoms with van der Waals surface area (Å²) in [5.74, 6) is -3.21. The highest BCUT2D eigenvalue weighted by atomic mass is 32.2. The van der Waals surface area contributed by atoms with Gasteiger partial charge < -0.3 is 24.6 Å². The lowest BCUT2D eigenvalue weighted by Crippen LogP contribution is -2.38. The van der Waals surface area contributed by atoms with Crippen LogP contribution >= 0.6 is 24.0 Å². The van der Waals surface area contributed by atoms with Gasteiger partial charge in [-0.15, -0.1) is 0 Å². The van der Waals surface area contributed by atoms with Gasteiger partial charge in [-0.3, -0.25) is 19.4 Å². The fourth-order valence-electron chi connectivity index (χ4n) is 4.95. The van der Waals surface area contributed by atoms with E-state index < -0.39 is 29.4 Å². The van der Waals surface area contributed by atoms with Gasteiger partial charge in [0.15, 0.2) is 11.6 Å². The number of hydrogen-bond acceptors (Lipinski definition) is 9. The summed E-state index contributed by atoms with van der Waals surface area (Å²) in [7, 11) is 1.36. The SMILES string of the molecule is COc1cc(C(=O)O)ccc1NC(=O)CCN1C(=O)/C(=C/c2cc(-c3ccc(F)c(F)c3)ccc2OCCN2CCOCC2)SC1=S. The number of aromatic carboxylic acids is 1. The van der Waals surface area contributed by atoms with Gasteiger partial charge >= 0.3 is 5.97 Å². The van der Waals surface area contributed by atoms with Crippen molar-refractivity contribution < 1.29 is 42.5 Å². The highest BCUT2D eigenvalue weighted by molar-refractivity contribution is 8.26. The van der Waals surface area contributed by atoms with E-state index in [2.05, 4.69) is 10.2 Å². The molecule has 2 amide bonds. The molecule has 2 aliphatic heterocycles. The first-order valence-corrected chi connectivity index (χ1v) is 15.8. The minimum absolute atomic E-state index is 0.00116. The Morgan fingerprint density at radius 3 is 2.49 bits per heavy atom. The van der Waals surface area contributed by atoms with Gasteiger partial charge in [0, 0.05) is 38.2 Å². The molecule has 0 radical (unpaired) electrons. The molecule has 0 unspecified atom stereocenters. The summed E-state index contributed by atoms with van der Waals surface area (Å²) in [5.41, 5.74) is 1.88. The Labute approximate surface area is 279 Å². The van der Waals surface area contributed by atoms with Gasteiger partial charge in [-0.05, 0) is 59.7 Å². The molecule has 3 aromatic rings. The fraction of sp³-hybridized carbons (Fsp3) is 0.273. The number of thiocarbonyl (C=S) groups is 1. The van der Waals surface area contributed by atoms with E-state index in [0.717, 1.165) is 37.0 Å². The number of benzene rings is 3. The van der Waals surface area contributed by atoms with Gasteiger partial charge in [-0.25, -0.2) is 13.6 Å². The van der Waals surface area contributed by atoms with Gasteiger partial charge in [-0.1, -0.05) is 36.1 Å². The standard InChI is InChI=1S/C33H31F2N3O7S2/c1-43-28-18-22(32(41)42)3-6-26(28)36-30(39)8-9-38-31(40)29(47-33(38)46)19-23-16-20(21-2-5-24(34)25(35)17-21)4-7-27(23)45-15-12-37-10-13-44-14-11-37/h2-7,16-19H,8-15H2,1H3,(H,36,39)(H,41,42)/b29-19-. The number of carboxylic acid groups (broad SMARTS) is 1. The van der Waals surface area contributed by atoms with E-state index in [1.807, 2.05) is 0 Å². The van der Waals surface area contributed by atoms with Crippen molar-refractivity contribution in [2.75, 3.05) is 58.4 Å². The number of ether oxygens (including phenoxy) is 3. The van der Waals surface area contributed by atoms with Gasteiger partial charge in [0.25, 0.3) is 5.91 Å². The van der Waals surface area contributed by atoms with Crippen molar-refractivity contribution in [3.05, 3.63) is 82.3 Å². The zero-order chi connectivity index (χ0) is 33.5. The summed E-state index contributed by atoms with van der Waals surface area (Å²) in [6.07, 6.45) is 1.55. The lowest BCUT2D eigenvalue weighted by atomic mass is 10.0. The van der Waals surface area contributed by atoms with Crippen LogP contribution in [0.3, 0.4) is 0 Å². The smallest absolute Gasteiger partial charge is 0.335 e. The van der Waals surface area contributed by atoms with E-state index in [9.17, 15) is 28.3 Å². The number of carbonyl (C=O) groups excluding carboxylic acids is 2. The number of thioether (sulfide) groups is 1. The van der Waals surface area contributed by atoms with E-state index in [1.54, 1.807) is 24.3 Å². The maximum atomic E-state index is 14.0. The number of carbonyl (C=O) groups is 3. The highest BCUT2D eigenvalue weighted by Crippen LogP contribution is 2.36. The molecule has 10 nitrogen and oxygen atoms in total. The normalized spacial score (nSPS) is 16.1. The predicted octanol–water partition coefficient (Wildman–Crippen LogP) is 5.28. The van der Waals surface area contributed by atoms with E-state index >= 15 is 0 Å². The average Bonchev–Trinajstić information content (AvgIpc) is 3.33. The van der Waals surface area contributed by atoms with Crippen LogP contribution in [0, 0.1) is 11.6 Å². The molecule has 3 aromatic carbocycles. The molecule has 2 fully saturated rings. The second-order valence-corrected chi connectivity index (χ2v) is 12.2. The van der Waals surface area contributed by atoms with E-state index in [-0.39, 0.29) is 34.3 Å². The third-order valence-corrected chi connectivity index (χ3v) is 8.85. The van der Waals surface area contributed by atoms with Crippen LogP contribution in [0.2, 0.25) is 0 Å². The second kappa shape index (κ2) is 15.5. The minimum atomic E-state index is -1.13. The second-order valence-electron chi connectivity index (χ2n) is 10.5. The predicted molar refractivity (Wildman–Crippen MR) is 178 cm³/mol. The Morgan fingerprint density at radius 1 is 1.02 bits per heavy atom. The molecule has 2 saturated heterocycles. The topological polar surface area (TPSA) is 118 Å². The number of nitrogens with one attached hydrogen (secondary N) is 1. The molecule has 47 heavy (non-hydrogen) atoms. The molecule has 5 rings (SSSR count). The van der Waals surface area contributed by atoms with E-state index in [4.69, 9.17) is 26.4 Å². The van der Waals surface area contributed by atoms with Crippen molar-refractivity contribution in [1.82, 2.24) is 9.80 Å². The van der Waals surface area contributed by atoms with Crippen molar-refractivity contribution >= 4 is 57.8 Å². The summed E-state index contributed by atoms with van der Waals surface area (Å²) < 4.78 is 44.6. The number of methoxy groups -OCH3 is 1. The molecule has 246 valence electrons. The Kier molecular flexibility index (Phi) is 11.2. The van der Waals surface area contributed by atoms with Crippen molar-refractivity contribution in [2.24, 2.45) is 0 Å². The fourth-order valence-corrected chi connectivity index (χ4v) is 6.24. The summed E-state index contributed by atoms with van der Waals surface area (Å²) in [6.45, 7) is 3.98. The monoisotopic (exact) mass is 683 g/mol. The summed E-state index contributed by atoms with van der Waals surface area (Å²) >= 11 is 6.55. The molecule has 0 atom stereocenters. The number of carboxylic acids is 1. The van der Waals surface area contributed by atoms with E-state index in [1.165, 1.54) is 36.3 Å². The van der Waals surface area contributed by atoms with Gasteiger partial charge in [0.2, 0.25) is 5.91 Å². The number of halogens is 2. The lowest BCUT2D eigenvalue weighted by molar-refractivity contribution is -0.122. The number of nitrogens with zero attached hydrogens (tertiary/aromatic N) is 2. The maximum Gasteiger partial charge on any atom is 0.335 e. The van der Waals surface area contributed by atoms with Crippen LogP contribution in [0.4, 0.5) is 14.5 Å². The van der Waals surface area contributed by atoms with E-state index in [0.29, 0.717) is 53.7 Å². The van der Waals surface area contributed by atoms with Crippen LogP contribution in [0.5, 0.6) is 11.5 Å². The maximum absolute atomic E-state index is 14.0. The third kappa shape index (κ3) is 8.51. The first-order chi connectivity index (χ1) is 22.6. The Balaban J connectivity index is 1.31. The molecule has 0 bridgehead atoms.